The van der Waals surface area contributed by atoms with Crippen molar-refractivity contribution in [2.75, 3.05) is 6.26 Å². The molecule has 0 aliphatic rings. The Morgan fingerprint density at radius 2 is 2.00 bits per heavy atom. The van der Waals surface area contributed by atoms with Crippen molar-refractivity contribution < 1.29 is 13.2 Å². The van der Waals surface area contributed by atoms with Crippen LogP contribution in [-0.4, -0.2) is 19.7 Å². The van der Waals surface area contributed by atoms with E-state index in [0.717, 1.165) is 6.26 Å². The maximum Gasteiger partial charge on any atom is 0.233 e. The molecule has 2 aromatic rings. The van der Waals surface area contributed by atoms with Crippen molar-refractivity contribution in [3.05, 3.63) is 47.1 Å². The minimum atomic E-state index is -3.24. The lowest BCUT2D eigenvalue weighted by atomic mass is 10.3. The third-order valence-corrected chi connectivity index (χ3v) is 3.89. The highest BCUT2D eigenvalue weighted by Gasteiger charge is 2.09. The first-order valence-corrected chi connectivity index (χ1v) is 7.74. The molecule has 94 valence electrons. The highest BCUT2D eigenvalue weighted by atomic mass is 79.9. The van der Waals surface area contributed by atoms with Gasteiger partial charge in [-0.3, -0.25) is 0 Å². The number of ether oxygens (including phenoxy) is 1. The van der Waals surface area contributed by atoms with Gasteiger partial charge in [-0.15, -0.1) is 0 Å². The van der Waals surface area contributed by atoms with Crippen molar-refractivity contribution in [3.8, 4) is 11.6 Å². The Kier molecular flexibility index (Phi) is 3.68. The van der Waals surface area contributed by atoms with Crippen molar-refractivity contribution in [1.82, 2.24) is 4.98 Å². The summed E-state index contributed by atoms with van der Waals surface area (Å²) in [5, 5.41) is 0. The van der Waals surface area contributed by atoms with Crippen LogP contribution >= 0.6 is 15.9 Å². The molecule has 4 nitrogen and oxygen atoms in total. The first-order chi connectivity index (χ1) is 8.47. The zero-order chi connectivity index (χ0) is 13.2. The Bertz CT molecular complexity index is 671. The summed E-state index contributed by atoms with van der Waals surface area (Å²) < 4.78 is 29.1. The second kappa shape index (κ2) is 5.07. The number of aromatic nitrogens is 1. The van der Waals surface area contributed by atoms with E-state index in [-0.39, 0.29) is 4.90 Å². The summed E-state index contributed by atoms with van der Waals surface area (Å²) in [5.74, 6) is 0.820. The molecule has 0 aliphatic carbocycles. The van der Waals surface area contributed by atoms with Crippen LogP contribution in [0.25, 0.3) is 0 Å². The van der Waals surface area contributed by atoms with Crippen molar-refractivity contribution in [3.63, 3.8) is 0 Å². The van der Waals surface area contributed by atoms with Crippen molar-refractivity contribution in [2.24, 2.45) is 0 Å². The maximum atomic E-state index is 11.4. The van der Waals surface area contributed by atoms with E-state index in [1.165, 1.54) is 12.1 Å². The monoisotopic (exact) mass is 327 g/mol. The Morgan fingerprint density at radius 3 is 2.67 bits per heavy atom. The zero-order valence-corrected chi connectivity index (χ0v) is 11.9. The van der Waals surface area contributed by atoms with Crippen LogP contribution in [0.1, 0.15) is 0 Å². The van der Waals surface area contributed by atoms with E-state index in [9.17, 15) is 8.42 Å². The lowest BCUT2D eigenvalue weighted by Crippen LogP contribution is -1.97. The van der Waals surface area contributed by atoms with Gasteiger partial charge in [0.2, 0.25) is 5.88 Å². The summed E-state index contributed by atoms with van der Waals surface area (Å²) in [4.78, 5) is 4.26. The minimum Gasteiger partial charge on any atom is -0.438 e. The fraction of sp³-hybridized carbons (Fsp3) is 0.0833. The normalized spacial score (nSPS) is 11.2. The molecular weight excluding hydrogens is 318 g/mol. The average Bonchev–Trinajstić information content (AvgIpc) is 2.31. The van der Waals surface area contributed by atoms with Gasteiger partial charge >= 0.3 is 0 Å². The van der Waals surface area contributed by atoms with Gasteiger partial charge in [-0.2, -0.15) is 0 Å². The summed E-state index contributed by atoms with van der Waals surface area (Å²) in [6.45, 7) is 0. The van der Waals surface area contributed by atoms with Crippen molar-refractivity contribution in [2.45, 2.75) is 4.90 Å². The summed E-state index contributed by atoms with van der Waals surface area (Å²) in [7, 11) is -3.24. The number of sulfone groups is 1. The molecule has 0 amide bonds. The van der Waals surface area contributed by atoms with E-state index in [1.54, 1.807) is 30.5 Å². The third kappa shape index (κ3) is 3.08. The summed E-state index contributed by atoms with van der Waals surface area (Å²) in [5.41, 5.74) is 0. The smallest absolute Gasteiger partial charge is 0.233 e. The van der Waals surface area contributed by atoms with E-state index >= 15 is 0 Å². The van der Waals surface area contributed by atoms with Crippen LogP contribution < -0.4 is 4.74 Å². The van der Waals surface area contributed by atoms with E-state index < -0.39 is 9.84 Å². The summed E-state index contributed by atoms with van der Waals surface area (Å²) >= 11 is 3.31. The number of nitrogens with zero attached hydrogens (tertiary/aromatic N) is 1. The topological polar surface area (TPSA) is 56.3 Å². The van der Waals surface area contributed by atoms with Crippen LogP contribution in [0.4, 0.5) is 0 Å². The molecule has 0 N–H and O–H groups in total. The van der Waals surface area contributed by atoms with E-state index in [2.05, 4.69) is 20.9 Å². The Morgan fingerprint density at radius 1 is 1.22 bits per heavy atom. The number of pyridine rings is 1. The second-order valence-corrected chi connectivity index (χ2v) is 6.51. The van der Waals surface area contributed by atoms with Gasteiger partial charge in [-0.1, -0.05) is 6.07 Å². The molecule has 0 bridgehead atoms. The molecule has 6 heteroatoms. The fourth-order valence-corrected chi connectivity index (χ4v) is 2.32. The largest absolute Gasteiger partial charge is 0.438 e. The second-order valence-electron chi connectivity index (χ2n) is 3.64. The average molecular weight is 328 g/mol. The maximum absolute atomic E-state index is 11.4. The molecule has 0 fully saturated rings. The number of halogens is 1. The van der Waals surface area contributed by atoms with Gasteiger partial charge < -0.3 is 4.74 Å². The summed E-state index contributed by atoms with van der Waals surface area (Å²) in [6, 6.07) is 9.86. The minimum absolute atomic E-state index is 0.215. The lowest BCUT2D eigenvalue weighted by molar-refractivity contribution is 0.458. The molecule has 0 radical (unpaired) electrons. The molecule has 0 aliphatic heterocycles. The van der Waals surface area contributed by atoms with E-state index in [4.69, 9.17) is 4.74 Å². The van der Waals surface area contributed by atoms with Gasteiger partial charge in [-0.25, -0.2) is 13.4 Å². The van der Waals surface area contributed by atoms with Crippen LogP contribution in [0.5, 0.6) is 11.6 Å². The molecular formula is C12H10BrNO3S. The predicted octanol–water partition coefficient (Wildman–Crippen LogP) is 3.04. The molecule has 0 atom stereocenters. The number of hydrogen-bond acceptors (Lipinski definition) is 4. The Balaban J connectivity index is 2.34. The van der Waals surface area contributed by atoms with Crippen molar-refractivity contribution in [1.29, 1.82) is 0 Å². The van der Waals surface area contributed by atoms with E-state index in [1.807, 2.05) is 0 Å². The van der Waals surface area contributed by atoms with Crippen LogP contribution in [0.15, 0.2) is 52.0 Å². The van der Waals surface area contributed by atoms with Gasteiger partial charge in [0.05, 0.1) is 9.37 Å². The summed E-state index contributed by atoms with van der Waals surface area (Å²) in [6.07, 6.45) is 2.75. The highest BCUT2D eigenvalue weighted by molar-refractivity contribution is 9.10. The number of rotatable bonds is 3. The first-order valence-electron chi connectivity index (χ1n) is 5.05. The predicted molar refractivity (Wildman–Crippen MR) is 71.6 cm³/mol. The molecule has 1 heterocycles. The van der Waals surface area contributed by atoms with E-state index in [0.29, 0.717) is 16.1 Å². The lowest BCUT2D eigenvalue weighted by Gasteiger charge is -2.07. The molecule has 1 aromatic heterocycles. The fourth-order valence-electron chi connectivity index (χ4n) is 1.33. The Labute approximate surface area is 114 Å². The van der Waals surface area contributed by atoms with Crippen molar-refractivity contribution >= 4 is 25.8 Å². The number of benzene rings is 1. The Hall–Kier alpha value is -1.40. The quantitative estimate of drug-likeness (QED) is 0.869. The zero-order valence-electron chi connectivity index (χ0n) is 9.50. The number of hydrogen-bond donors (Lipinski definition) is 0. The van der Waals surface area contributed by atoms with Gasteiger partial charge in [-0.05, 0) is 46.3 Å². The molecule has 0 saturated heterocycles. The molecule has 1 aromatic carbocycles. The first kappa shape index (κ1) is 13.0. The molecule has 0 spiro atoms. The van der Waals surface area contributed by atoms with Crippen LogP contribution in [-0.2, 0) is 9.84 Å². The standard InChI is InChI=1S/C12H10BrNO3S/c1-18(15,16)10-5-2-4-9(8-10)17-12-11(13)6-3-7-14-12/h2-8H,1H3. The SMILES string of the molecule is CS(=O)(=O)c1cccc(Oc2ncccc2Br)c1. The van der Waals surface area contributed by atoms with Gasteiger partial charge in [0.1, 0.15) is 5.75 Å². The van der Waals surface area contributed by atoms with Gasteiger partial charge in [0.15, 0.2) is 9.84 Å². The highest BCUT2D eigenvalue weighted by Crippen LogP contribution is 2.27. The third-order valence-electron chi connectivity index (χ3n) is 2.17. The van der Waals surface area contributed by atoms with Gasteiger partial charge in [0, 0.05) is 12.5 Å². The van der Waals surface area contributed by atoms with Crippen LogP contribution in [0, 0.1) is 0 Å². The van der Waals surface area contributed by atoms with Crippen LogP contribution in [0.2, 0.25) is 0 Å². The van der Waals surface area contributed by atoms with Gasteiger partial charge in [0.25, 0.3) is 0 Å². The molecule has 0 unspecified atom stereocenters. The molecule has 18 heavy (non-hydrogen) atoms. The molecule has 2 rings (SSSR count). The van der Waals surface area contributed by atoms with Crippen LogP contribution in [0.3, 0.4) is 0 Å². The molecule has 0 saturated carbocycles.